The van der Waals surface area contributed by atoms with Gasteiger partial charge in [-0.05, 0) is 49.1 Å². The van der Waals surface area contributed by atoms with Crippen LogP contribution in [0.3, 0.4) is 0 Å². The van der Waals surface area contributed by atoms with Gasteiger partial charge in [0.05, 0.1) is 0 Å². The van der Waals surface area contributed by atoms with Crippen molar-refractivity contribution in [1.29, 1.82) is 0 Å². The van der Waals surface area contributed by atoms with Crippen molar-refractivity contribution in [2.45, 2.75) is 25.2 Å². The number of aryl methyl sites for hydroxylation is 1. The molecule has 1 saturated carbocycles. The lowest BCUT2D eigenvalue weighted by molar-refractivity contribution is 0.672. The number of nitrogens with two attached hydrogens (primary N) is 1. The fraction of sp³-hybridized carbons (Fsp3) is 0.333. The Morgan fingerprint density at radius 2 is 1.70 bits per heavy atom. The number of likely N-dealkylation sites (N-methyl/N-ethyl adjacent to an activating group) is 1. The first-order valence-electron chi connectivity index (χ1n) is 7.24. The van der Waals surface area contributed by atoms with Crippen LogP contribution < -0.4 is 10.6 Å². The van der Waals surface area contributed by atoms with Crippen molar-refractivity contribution in [2.75, 3.05) is 24.2 Å². The van der Waals surface area contributed by atoms with Crippen LogP contribution in [-0.4, -0.2) is 13.6 Å². The molecule has 20 heavy (non-hydrogen) atoms. The molecule has 1 aliphatic carbocycles. The fourth-order valence-corrected chi connectivity index (χ4v) is 3.06. The van der Waals surface area contributed by atoms with Crippen LogP contribution >= 0.6 is 0 Å². The zero-order valence-electron chi connectivity index (χ0n) is 12.3. The number of nitrogen functional groups attached to an aromatic ring is 1. The highest BCUT2D eigenvalue weighted by atomic mass is 15.1. The maximum Gasteiger partial charge on any atom is 0.0393 e. The van der Waals surface area contributed by atoms with Gasteiger partial charge in [-0.25, -0.2) is 0 Å². The second kappa shape index (κ2) is 4.86. The summed E-state index contributed by atoms with van der Waals surface area (Å²) in [4.78, 5) is 2.39. The van der Waals surface area contributed by atoms with Crippen LogP contribution in [0.2, 0.25) is 0 Å². The first-order valence-corrected chi connectivity index (χ1v) is 7.24. The highest BCUT2D eigenvalue weighted by Gasteiger charge is 2.45. The predicted octanol–water partition coefficient (Wildman–Crippen LogP) is 3.75. The summed E-state index contributed by atoms with van der Waals surface area (Å²) >= 11 is 0. The average Bonchev–Trinajstić information content (AvgIpc) is 3.20. The third kappa shape index (κ3) is 2.38. The molecular weight excluding hydrogens is 244 g/mol. The Morgan fingerprint density at radius 1 is 1.05 bits per heavy atom. The molecule has 0 bridgehead atoms. The SMILES string of the molecule is Cc1ccccc1N(C)CC1(c2ccc(N)cc2)CC1. The van der Waals surface area contributed by atoms with Crippen LogP contribution in [0, 0.1) is 6.92 Å². The largest absolute Gasteiger partial charge is 0.399 e. The molecule has 2 aromatic rings. The second-order valence-electron chi connectivity index (χ2n) is 6.04. The Labute approximate surface area is 121 Å². The normalized spacial score (nSPS) is 15.9. The van der Waals surface area contributed by atoms with Gasteiger partial charge in [0, 0.05) is 30.4 Å². The quantitative estimate of drug-likeness (QED) is 0.854. The highest BCUT2D eigenvalue weighted by molar-refractivity contribution is 5.54. The number of rotatable bonds is 4. The Bertz CT molecular complexity index is 597. The molecule has 104 valence electrons. The Morgan fingerprint density at radius 3 is 2.30 bits per heavy atom. The fourth-order valence-electron chi connectivity index (χ4n) is 3.06. The smallest absolute Gasteiger partial charge is 0.0393 e. The number of nitrogens with zero attached hydrogens (tertiary/aromatic N) is 1. The molecule has 0 heterocycles. The molecule has 0 spiro atoms. The van der Waals surface area contributed by atoms with Gasteiger partial charge in [0.25, 0.3) is 0 Å². The van der Waals surface area contributed by atoms with Gasteiger partial charge in [0.15, 0.2) is 0 Å². The minimum absolute atomic E-state index is 0.324. The van der Waals surface area contributed by atoms with Crippen molar-refractivity contribution >= 4 is 11.4 Å². The van der Waals surface area contributed by atoms with Gasteiger partial charge in [0.2, 0.25) is 0 Å². The summed E-state index contributed by atoms with van der Waals surface area (Å²) < 4.78 is 0. The van der Waals surface area contributed by atoms with Gasteiger partial charge in [-0.3, -0.25) is 0 Å². The maximum atomic E-state index is 5.79. The average molecular weight is 266 g/mol. The van der Waals surface area contributed by atoms with Gasteiger partial charge in [-0.1, -0.05) is 30.3 Å². The summed E-state index contributed by atoms with van der Waals surface area (Å²) in [5.41, 5.74) is 11.0. The Hall–Kier alpha value is -1.96. The lowest BCUT2D eigenvalue weighted by Gasteiger charge is -2.27. The van der Waals surface area contributed by atoms with E-state index < -0.39 is 0 Å². The third-order valence-electron chi connectivity index (χ3n) is 4.44. The number of hydrogen-bond donors (Lipinski definition) is 1. The highest BCUT2D eigenvalue weighted by Crippen LogP contribution is 2.49. The van der Waals surface area contributed by atoms with E-state index in [2.05, 4.69) is 55.3 Å². The Balaban J connectivity index is 1.80. The molecule has 0 amide bonds. The molecule has 0 aromatic heterocycles. The standard InChI is InChI=1S/C18H22N2/c1-14-5-3-4-6-17(14)20(2)13-18(11-12-18)15-7-9-16(19)10-8-15/h3-10H,11-13,19H2,1-2H3. The molecule has 2 aromatic carbocycles. The topological polar surface area (TPSA) is 29.3 Å². The van der Waals surface area contributed by atoms with Crippen LogP contribution in [-0.2, 0) is 5.41 Å². The van der Waals surface area contributed by atoms with Crippen LogP contribution in [0.1, 0.15) is 24.0 Å². The van der Waals surface area contributed by atoms with Crippen LogP contribution in [0.4, 0.5) is 11.4 Å². The van der Waals surface area contributed by atoms with Crippen molar-refractivity contribution in [3.8, 4) is 0 Å². The number of hydrogen-bond acceptors (Lipinski definition) is 2. The molecule has 0 saturated heterocycles. The van der Waals surface area contributed by atoms with Gasteiger partial charge < -0.3 is 10.6 Å². The van der Waals surface area contributed by atoms with Gasteiger partial charge in [-0.2, -0.15) is 0 Å². The van der Waals surface area contributed by atoms with Crippen molar-refractivity contribution in [2.24, 2.45) is 0 Å². The summed E-state index contributed by atoms with van der Waals surface area (Å²) in [5, 5.41) is 0. The third-order valence-corrected chi connectivity index (χ3v) is 4.44. The number of anilines is 2. The monoisotopic (exact) mass is 266 g/mol. The van der Waals surface area contributed by atoms with E-state index in [1.165, 1.54) is 29.7 Å². The van der Waals surface area contributed by atoms with Crippen LogP contribution in [0.25, 0.3) is 0 Å². The molecule has 1 aliphatic rings. The van der Waals surface area contributed by atoms with Crippen molar-refractivity contribution in [3.05, 3.63) is 59.7 Å². The lowest BCUT2D eigenvalue weighted by atomic mass is 9.95. The predicted molar refractivity (Wildman–Crippen MR) is 86.2 cm³/mol. The molecule has 0 aliphatic heterocycles. The van der Waals surface area contributed by atoms with Crippen LogP contribution in [0.15, 0.2) is 48.5 Å². The van der Waals surface area contributed by atoms with E-state index in [1.54, 1.807) is 0 Å². The van der Waals surface area contributed by atoms with E-state index in [9.17, 15) is 0 Å². The van der Waals surface area contributed by atoms with Gasteiger partial charge >= 0.3 is 0 Å². The first kappa shape index (κ1) is 13.0. The first-order chi connectivity index (χ1) is 9.61. The van der Waals surface area contributed by atoms with E-state index in [0.29, 0.717) is 5.41 Å². The summed E-state index contributed by atoms with van der Waals surface area (Å²) in [7, 11) is 2.19. The van der Waals surface area contributed by atoms with E-state index in [0.717, 1.165) is 12.2 Å². The van der Waals surface area contributed by atoms with Crippen molar-refractivity contribution in [1.82, 2.24) is 0 Å². The molecular formula is C18H22N2. The molecule has 0 radical (unpaired) electrons. The molecule has 2 N–H and O–H groups in total. The molecule has 2 heteroatoms. The van der Waals surface area contributed by atoms with E-state index >= 15 is 0 Å². The molecule has 2 nitrogen and oxygen atoms in total. The zero-order chi connectivity index (χ0) is 14.2. The maximum absolute atomic E-state index is 5.79. The van der Waals surface area contributed by atoms with Crippen molar-refractivity contribution < 1.29 is 0 Å². The second-order valence-corrected chi connectivity index (χ2v) is 6.04. The molecule has 0 atom stereocenters. The summed E-state index contributed by atoms with van der Waals surface area (Å²) in [5.74, 6) is 0. The van der Waals surface area contributed by atoms with Crippen molar-refractivity contribution in [3.63, 3.8) is 0 Å². The minimum atomic E-state index is 0.324. The summed E-state index contributed by atoms with van der Waals surface area (Å²) in [6, 6.07) is 17.0. The van der Waals surface area contributed by atoms with Gasteiger partial charge in [-0.15, -0.1) is 0 Å². The summed E-state index contributed by atoms with van der Waals surface area (Å²) in [6.45, 7) is 3.25. The number of benzene rings is 2. The minimum Gasteiger partial charge on any atom is -0.399 e. The van der Waals surface area contributed by atoms with Gasteiger partial charge in [0.1, 0.15) is 0 Å². The molecule has 3 rings (SSSR count). The zero-order valence-corrected chi connectivity index (χ0v) is 12.3. The lowest BCUT2D eigenvalue weighted by Crippen LogP contribution is -2.29. The van der Waals surface area contributed by atoms with E-state index in [4.69, 9.17) is 5.73 Å². The van der Waals surface area contributed by atoms with E-state index in [1.807, 2.05) is 12.1 Å². The molecule has 1 fully saturated rings. The van der Waals surface area contributed by atoms with E-state index in [-0.39, 0.29) is 0 Å². The number of para-hydroxylation sites is 1. The molecule has 0 unspecified atom stereocenters. The van der Waals surface area contributed by atoms with Crippen LogP contribution in [0.5, 0.6) is 0 Å². The Kier molecular flexibility index (Phi) is 3.17. The summed E-state index contributed by atoms with van der Waals surface area (Å²) in [6.07, 6.45) is 2.54.